The Morgan fingerprint density at radius 2 is 1.06 bits per heavy atom. The highest BCUT2D eigenvalue weighted by molar-refractivity contribution is 7.25. The van der Waals surface area contributed by atoms with E-state index < -0.39 is 0 Å². The Morgan fingerprint density at radius 1 is 0.407 bits per heavy atom. The number of rotatable bonds is 4. The molecule has 0 saturated carbocycles. The summed E-state index contributed by atoms with van der Waals surface area (Å²) in [5.74, 6) is 0.724. The van der Waals surface area contributed by atoms with Crippen molar-refractivity contribution in [3.63, 3.8) is 0 Å². The van der Waals surface area contributed by atoms with E-state index in [2.05, 4.69) is 184 Å². The van der Waals surface area contributed by atoms with Crippen LogP contribution in [0.15, 0.2) is 170 Å². The summed E-state index contributed by atoms with van der Waals surface area (Å²) in [5.41, 5.74) is 12.8. The lowest BCUT2D eigenvalue weighted by atomic mass is 9.81. The molecule has 0 atom stereocenters. The van der Waals surface area contributed by atoms with Crippen LogP contribution in [-0.4, -0.2) is 9.97 Å². The maximum atomic E-state index is 5.40. The summed E-state index contributed by atoms with van der Waals surface area (Å²) in [7, 11) is 0. The largest absolute Gasteiger partial charge is 0.228 e. The molecule has 0 N–H and O–H groups in total. The number of thiophene rings is 1. The van der Waals surface area contributed by atoms with Crippen LogP contribution in [0, 0.1) is 0 Å². The van der Waals surface area contributed by atoms with E-state index in [-0.39, 0.29) is 5.41 Å². The second-order valence-corrected chi connectivity index (χ2v) is 16.0. The predicted octanol–water partition coefficient (Wildman–Crippen LogP) is 14.1. The highest BCUT2D eigenvalue weighted by atomic mass is 32.1. The molecule has 3 heteroatoms. The first kappa shape index (κ1) is 31.1. The van der Waals surface area contributed by atoms with Crippen LogP contribution < -0.4 is 0 Å². The van der Waals surface area contributed by atoms with E-state index in [9.17, 15) is 0 Å². The fraction of sp³-hybridized carbons (Fsp3) is 0.0588. The number of hydrogen-bond donors (Lipinski definition) is 0. The molecular formula is C51H34N2S. The van der Waals surface area contributed by atoms with Gasteiger partial charge in [-0.15, -0.1) is 11.3 Å². The molecule has 11 rings (SSSR count). The first-order valence-corrected chi connectivity index (χ1v) is 19.4. The maximum absolute atomic E-state index is 5.40. The van der Waals surface area contributed by atoms with Gasteiger partial charge < -0.3 is 0 Å². The lowest BCUT2D eigenvalue weighted by molar-refractivity contribution is 0.661. The third-order valence-electron chi connectivity index (χ3n) is 11.5. The molecule has 0 aliphatic heterocycles. The van der Waals surface area contributed by atoms with Crippen molar-refractivity contribution < 1.29 is 0 Å². The summed E-state index contributed by atoms with van der Waals surface area (Å²) in [6.07, 6.45) is 0. The number of hydrogen-bond acceptors (Lipinski definition) is 3. The van der Waals surface area contributed by atoms with Crippen molar-refractivity contribution in [2.45, 2.75) is 19.3 Å². The zero-order chi connectivity index (χ0) is 36.0. The van der Waals surface area contributed by atoms with Crippen LogP contribution in [0.25, 0.3) is 97.9 Å². The van der Waals surface area contributed by atoms with E-state index in [1.165, 1.54) is 69.7 Å². The Kier molecular flexibility index (Phi) is 6.80. The van der Waals surface area contributed by atoms with Crippen LogP contribution in [0.3, 0.4) is 0 Å². The van der Waals surface area contributed by atoms with E-state index in [0.29, 0.717) is 0 Å². The minimum Gasteiger partial charge on any atom is -0.228 e. The molecule has 0 unspecified atom stereocenters. The summed E-state index contributed by atoms with van der Waals surface area (Å²) in [6.45, 7) is 4.71. The van der Waals surface area contributed by atoms with Gasteiger partial charge in [-0.2, -0.15) is 0 Å². The van der Waals surface area contributed by atoms with Crippen LogP contribution in [-0.2, 0) is 5.41 Å². The van der Waals surface area contributed by atoms with Crippen molar-refractivity contribution in [2.75, 3.05) is 0 Å². The first-order valence-electron chi connectivity index (χ1n) is 18.6. The van der Waals surface area contributed by atoms with Gasteiger partial charge in [-0.1, -0.05) is 141 Å². The lowest BCUT2D eigenvalue weighted by Gasteiger charge is -2.22. The highest BCUT2D eigenvalue weighted by Gasteiger charge is 2.36. The maximum Gasteiger partial charge on any atom is 0.161 e. The SMILES string of the molecule is CC1(C)c2ccc(-c3ccc(-c4nc(-c5ccccc5)cc(-c5cccc6sc7ccccc7c56)n4)c4ccccc34)cc2-c2cc3ccccc3cc21. The average molecular weight is 707 g/mol. The van der Waals surface area contributed by atoms with Gasteiger partial charge in [0.2, 0.25) is 0 Å². The third-order valence-corrected chi connectivity index (χ3v) is 12.6. The fourth-order valence-electron chi connectivity index (χ4n) is 8.80. The van der Waals surface area contributed by atoms with Crippen molar-refractivity contribution in [3.8, 4) is 56.2 Å². The number of benzene rings is 8. The molecular weight excluding hydrogens is 673 g/mol. The zero-order valence-corrected chi connectivity index (χ0v) is 30.8. The standard InChI is InChI=1S/C51H34N2S/c1-51(2)43-26-23-34(28-41(43)42-27-32-15-6-7-16-33(32)29-44(42)51)35-24-25-38(37-18-9-8-17-36(35)37)50-52-45(31-13-4-3-5-14-31)30-46(53-50)39-20-12-22-48-49(39)40-19-10-11-21-47(40)54-48/h3-30H,1-2H3. The fourth-order valence-corrected chi connectivity index (χ4v) is 9.93. The van der Waals surface area contributed by atoms with Crippen molar-refractivity contribution in [2.24, 2.45) is 0 Å². The van der Waals surface area contributed by atoms with Crippen LogP contribution in [0.5, 0.6) is 0 Å². The van der Waals surface area contributed by atoms with Crippen LogP contribution in [0.2, 0.25) is 0 Å². The van der Waals surface area contributed by atoms with Gasteiger partial charge in [0.05, 0.1) is 11.4 Å². The van der Waals surface area contributed by atoms with Crippen LogP contribution in [0.4, 0.5) is 0 Å². The predicted molar refractivity (Wildman–Crippen MR) is 229 cm³/mol. The molecule has 2 aromatic heterocycles. The van der Waals surface area contributed by atoms with Gasteiger partial charge in [-0.05, 0) is 97.4 Å². The molecule has 0 fully saturated rings. The normalized spacial score (nSPS) is 13.1. The molecule has 254 valence electrons. The van der Waals surface area contributed by atoms with Gasteiger partial charge in [0.15, 0.2) is 5.82 Å². The molecule has 0 spiro atoms. The Bertz CT molecular complexity index is 3130. The molecule has 1 aliphatic carbocycles. The van der Waals surface area contributed by atoms with Crippen molar-refractivity contribution in [1.82, 2.24) is 9.97 Å². The van der Waals surface area contributed by atoms with E-state index in [1.54, 1.807) is 0 Å². The quantitative estimate of drug-likeness (QED) is 0.182. The molecule has 0 radical (unpaired) electrons. The molecule has 10 aromatic rings. The number of fused-ring (bicyclic) bond motifs is 8. The molecule has 54 heavy (non-hydrogen) atoms. The highest BCUT2D eigenvalue weighted by Crippen LogP contribution is 2.51. The molecule has 1 aliphatic rings. The van der Waals surface area contributed by atoms with Crippen molar-refractivity contribution in [3.05, 3.63) is 181 Å². The lowest BCUT2D eigenvalue weighted by Crippen LogP contribution is -2.14. The molecule has 0 bridgehead atoms. The van der Waals surface area contributed by atoms with Crippen molar-refractivity contribution >= 4 is 53.1 Å². The molecule has 0 saturated heterocycles. The van der Waals surface area contributed by atoms with Gasteiger partial charge in [0.25, 0.3) is 0 Å². The number of nitrogens with zero attached hydrogens (tertiary/aromatic N) is 2. The van der Waals surface area contributed by atoms with Crippen LogP contribution in [0.1, 0.15) is 25.0 Å². The second kappa shape index (κ2) is 11.8. The summed E-state index contributed by atoms with van der Waals surface area (Å²) in [4.78, 5) is 10.7. The average Bonchev–Trinajstić information content (AvgIpc) is 3.71. The summed E-state index contributed by atoms with van der Waals surface area (Å²) < 4.78 is 2.55. The third kappa shape index (κ3) is 4.72. The van der Waals surface area contributed by atoms with Gasteiger partial charge in [0, 0.05) is 42.3 Å². The minimum atomic E-state index is -0.0718. The van der Waals surface area contributed by atoms with Crippen LogP contribution >= 0.6 is 11.3 Å². The van der Waals surface area contributed by atoms with E-state index >= 15 is 0 Å². The molecule has 8 aromatic carbocycles. The molecule has 2 heterocycles. The van der Waals surface area contributed by atoms with Gasteiger partial charge in [-0.25, -0.2) is 9.97 Å². The Hall–Kier alpha value is -6.42. The minimum absolute atomic E-state index is 0.0718. The summed E-state index contributed by atoms with van der Waals surface area (Å²) >= 11 is 1.83. The van der Waals surface area contributed by atoms with Crippen molar-refractivity contribution in [1.29, 1.82) is 0 Å². The topological polar surface area (TPSA) is 25.8 Å². The van der Waals surface area contributed by atoms with Gasteiger partial charge >= 0.3 is 0 Å². The molecule has 0 amide bonds. The Labute approximate surface area is 318 Å². The Balaban J connectivity index is 1.10. The second-order valence-electron chi connectivity index (χ2n) is 14.9. The monoisotopic (exact) mass is 706 g/mol. The zero-order valence-electron chi connectivity index (χ0n) is 30.0. The summed E-state index contributed by atoms with van der Waals surface area (Å²) in [6, 6.07) is 61.7. The Morgan fingerprint density at radius 3 is 1.89 bits per heavy atom. The van der Waals surface area contributed by atoms with E-state index in [1.807, 2.05) is 11.3 Å². The van der Waals surface area contributed by atoms with E-state index in [0.717, 1.165) is 39.3 Å². The summed E-state index contributed by atoms with van der Waals surface area (Å²) in [5, 5.41) is 7.40. The van der Waals surface area contributed by atoms with Gasteiger partial charge in [-0.3, -0.25) is 0 Å². The smallest absolute Gasteiger partial charge is 0.161 e. The van der Waals surface area contributed by atoms with E-state index in [4.69, 9.17) is 9.97 Å². The molecule has 2 nitrogen and oxygen atoms in total. The first-order chi connectivity index (χ1) is 26.5. The number of aromatic nitrogens is 2. The van der Waals surface area contributed by atoms with Gasteiger partial charge in [0.1, 0.15) is 0 Å².